The third-order valence-electron chi connectivity index (χ3n) is 5.98. The molecule has 2 saturated heterocycles. The van der Waals surface area contributed by atoms with Gasteiger partial charge in [-0.3, -0.25) is 9.59 Å². The summed E-state index contributed by atoms with van der Waals surface area (Å²) in [6, 6.07) is 2.33. The maximum Gasteiger partial charge on any atom is 0.242 e. The van der Waals surface area contributed by atoms with Crippen LogP contribution in [0.1, 0.15) is 24.1 Å². The van der Waals surface area contributed by atoms with E-state index in [4.69, 9.17) is 11.6 Å². The van der Waals surface area contributed by atoms with Gasteiger partial charge in [0.2, 0.25) is 21.8 Å². The fraction of sp³-hybridized carbons (Fsp3) is 0.579. The van der Waals surface area contributed by atoms with Crippen molar-refractivity contribution in [2.24, 2.45) is 11.8 Å². The summed E-state index contributed by atoms with van der Waals surface area (Å²) in [7, 11) is -3.83. The van der Waals surface area contributed by atoms with E-state index in [-0.39, 0.29) is 25.1 Å². The first kappa shape index (κ1) is 21.8. The Balaban J connectivity index is 1.35. The number of piperidine rings is 2. The molecule has 30 heavy (non-hydrogen) atoms. The minimum absolute atomic E-state index is 0.0644. The Labute approximate surface area is 184 Å². The Morgan fingerprint density at radius 1 is 1.40 bits per heavy atom. The van der Waals surface area contributed by atoms with Crippen molar-refractivity contribution in [2.75, 3.05) is 26.2 Å². The van der Waals surface area contributed by atoms with E-state index in [0.29, 0.717) is 47.0 Å². The lowest BCUT2D eigenvalue weighted by atomic mass is 10.1. The van der Waals surface area contributed by atoms with Crippen LogP contribution in [0.15, 0.2) is 17.5 Å². The molecule has 3 heterocycles. The second kappa shape index (κ2) is 8.58. The molecule has 0 aromatic carbocycles. The summed E-state index contributed by atoms with van der Waals surface area (Å²) >= 11 is 7.09. The number of thiophene rings is 1. The van der Waals surface area contributed by atoms with Crippen LogP contribution in [-0.4, -0.2) is 73.5 Å². The third kappa shape index (κ3) is 4.72. The number of likely N-dealkylation sites (tertiary alicyclic amines) is 2. The number of nitrogens with one attached hydrogen (secondary N) is 1. The van der Waals surface area contributed by atoms with Gasteiger partial charge in [0.15, 0.2) is 0 Å². The highest BCUT2D eigenvalue weighted by Crippen LogP contribution is 2.49. The minimum Gasteiger partial charge on any atom is -0.394 e. The molecule has 2 amide bonds. The van der Waals surface area contributed by atoms with E-state index < -0.39 is 22.0 Å². The molecule has 1 aromatic heterocycles. The predicted molar refractivity (Wildman–Crippen MR) is 114 cm³/mol. The van der Waals surface area contributed by atoms with Crippen LogP contribution in [0.4, 0.5) is 0 Å². The topological polar surface area (TPSA) is 107 Å². The van der Waals surface area contributed by atoms with Crippen LogP contribution < -0.4 is 4.72 Å². The molecule has 0 bridgehead atoms. The van der Waals surface area contributed by atoms with E-state index in [2.05, 4.69) is 4.72 Å². The van der Waals surface area contributed by atoms with Gasteiger partial charge in [0.25, 0.3) is 0 Å². The van der Waals surface area contributed by atoms with Crippen molar-refractivity contribution < 1.29 is 23.1 Å². The number of hydrogen-bond donors (Lipinski definition) is 2. The summed E-state index contributed by atoms with van der Waals surface area (Å²) in [5.74, 6) is 0.261. The van der Waals surface area contributed by atoms with E-state index in [1.165, 1.54) is 22.3 Å². The second-order valence-corrected chi connectivity index (χ2v) is 11.4. The fourth-order valence-corrected chi connectivity index (χ4v) is 6.43. The summed E-state index contributed by atoms with van der Waals surface area (Å²) in [6.07, 6.45) is 3.47. The van der Waals surface area contributed by atoms with E-state index in [1.54, 1.807) is 17.0 Å². The summed E-state index contributed by atoms with van der Waals surface area (Å²) in [4.78, 5) is 29.3. The molecule has 2 N–H and O–H groups in total. The number of carbonyl (C=O) groups is 2. The summed E-state index contributed by atoms with van der Waals surface area (Å²) in [5, 5.41) is 10.6. The molecule has 8 nitrogen and oxygen atoms in total. The number of aliphatic hydroxyl groups is 1. The Bertz CT molecular complexity index is 963. The second-order valence-electron chi connectivity index (χ2n) is 8.02. The van der Waals surface area contributed by atoms with Crippen LogP contribution in [0.3, 0.4) is 0 Å². The molecule has 4 atom stereocenters. The molecule has 1 saturated carbocycles. The molecule has 3 fully saturated rings. The van der Waals surface area contributed by atoms with Gasteiger partial charge in [0.1, 0.15) is 6.04 Å². The molecule has 4 rings (SSSR count). The molecular weight excluding hydrogens is 450 g/mol. The highest BCUT2D eigenvalue weighted by molar-refractivity contribution is 7.92. The molecule has 3 aliphatic rings. The Hall–Kier alpha value is -1.46. The SMILES string of the molecule is O=C1[C@@H](NS(=O)(=O)C=Cc2ccc(Cl)s2)CCCN1CC(=O)N1CC2CC2C1CO. The van der Waals surface area contributed by atoms with Crippen LogP contribution >= 0.6 is 22.9 Å². The number of sulfonamides is 1. The van der Waals surface area contributed by atoms with Crippen molar-refractivity contribution in [1.82, 2.24) is 14.5 Å². The number of amides is 2. The first-order valence-corrected chi connectivity index (χ1v) is 12.7. The number of rotatable bonds is 7. The van der Waals surface area contributed by atoms with Gasteiger partial charge < -0.3 is 14.9 Å². The average molecular weight is 474 g/mol. The van der Waals surface area contributed by atoms with Gasteiger partial charge in [0, 0.05) is 23.4 Å². The van der Waals surface area contributed by atoms with Gasteiger partial charge in [-0.2, -0.15) is 4.72 Å². The highest BCUT2D eigenvalue weighted by atomic mass is 35.5. The zero-order valence-corrected chi connectivity index (χ0v) is 18.6. The molecule has 0 spiro atoms. The van der Waals surface area contributed by atoms with Crippen molar-refractivity contribution in [3.63, 3.8) is 0 Å². The molecule has 11 heteroatoms. The predicted octanol–water partition coefficient (Wildman–Crippen LogP) is 1.12. The van der Waals surface area contributed by atoms with Crippen LogP contribution in [0.2, 0.25) is 4.34 Å². The fourth-order valence-electron chi connectivity index (χ4n) is 4.36. The van der Waals surface area contributed by atoms with Crippen LogP contribution in [0, 0.1) is 11.8 Å². The van der Waals surface area contributed by atoms with Crippen LogP contribution in [0.25, 0.3) is 6.08 Å². The first-order chi connectivity index (χ1) is 14.3. The van der Waals surface area contributed by atoms with Gasteiger partial charge in [-0.05, 0) is 49.3 Å². The number of nitrogens with zero attached hydrogens (tertiary/aromatic N) is 2. The molecule has 1 aliphatic carbocycles. The summed E-state index contributed by atoms with van der Waals surface area (Å²) in [6.45, 7) is 0.892. The largest absolute Gasteiger partial charge is 0.394 e. The van der Waals surface area contributed by atoms with Gasteiger partial charge in [-0.1, -0.05) is 11.6 Å². The molecule has 2 aliphatic heterocycles. The zero-order chi connectivity index (χ0) is 21.5. The standard InChI is InChI=1S/C19H24ClN3O5S2/c20-17-4-3-13(29-17)5-7-30(27,28)21-15-2-1-6-22(19(15)26)10-18(25)23-9-12-8-14(12)16(23)11-24/h3-5,7,12,14-16,21,24H,1-2,6,8-11H2/t12?,14?,15-,16?/m0/s1. The Morgan fingerprint density at radius 2 is 2.20 bits per heavy atom. The molecule has 1 aromatic rings. The van der Waals surface area contributed by atoms with Crippen molar-refractivity contribution in [2.45, 2.75) is 31.3 Å². The number of fused-ring (bicyclic) bond motifs is 1. The summed E-state index contributed by atoms with van der Waals surface area (Å²) < 4.78 is 27.8. The van der Waals surface area contributed by atoms with E-state index in [9.17, 15) is 23.1 Å². The molecule has 3 unspecified atom stereocenters. The Kier molecular flexibility index (Phi) is 6.23. The Morgan fingerprint density at radius 3 is 2.90 bits per heavy atom. The van der Waals surface area contributed by atoms with Crippen LogP contribution in [0.5, 0.6) is 0 Å². The van der Waals surface area contributed by atoms with Crippen molar-refractivity contribution >= 4 is 50.9 Å². The quantitative estimate of drug-likeness (QED) is 0.617. The average Bonchev–Trinajstić information content (AvgIpc) is 3.17. The number of aliphatic hydroxyl groups excluding tert-OH is 1. The van der Waals surface area contributed by atoms with Crippen molar-refractivity contribution in [3.8, 4) is 0 Å². The highest BCUT2D eigenvalue weighted by Gasteiger charge is 2.53. The number of halogens is 1. The van der Waals surface area contributed by atoms with Gasteiger partial charge in [-0.25, -0.2) is 8.42 Å². The number of hydrogen-bond acceptors (Lipinski definition) is 6. The lowest BCUT2D eigenvalue weighted by Crippen LogP contribution is -2.55. The van der Waals surface area contributed by atoms with E-state index >= 15 is 0 Å². The molecule has 0 radical (unpaired) electrons. The molecule has 164 valence electrons. The maximum atomic E-state index is 12.8. The lowest BCUT2D eigenvalue weighted by Gasteiger charge is -2.34. The van der Waals surface area contributed by atoms with Gasteiger partial charge in [-0.15, -0.1) is 11.3 Å². The first-order valence-electron chi connectivity index (χ1n) is 9.92. The van der Waals surface area contributed by atoms with Gasteiger partial charge in [0.05, 0.1) is 23.5 Å². The van der Waals surface area contributed by atoms with E-state index in [1.807, 2.05) is 0 Å². The monoisotopic (exact) mass is 473 g/mol. The lowest BCUT2D eigenvalue weighted by molar-refractivity contribution is -0.144. The van der Waals surface area contributed by atoms with Crippen molar-refractivity contribution in [1.29, 1.82) is 0 Å². The number of carbonyl (C=O) groups excluding carboxylic acids is 2. The minimum atomic E-state index is -3.83. The van der Waals surface area contributed by atoms with Crippen LogP contribution in [-0.2, 0) is 19.6 Å². The maximum absolute atomic E-state index is 12.8. The zero-order valence-electron chi connectivity index (χ0n) is 16.2. The molecular formula is C19H24ClN3O5S2. The van der Waals surface area contributed by atoms with Crippen molar-refractivity contribution in [3.05, 3.63) is 26.8 Å². The normalized spacial score (nSPS) is 28.9. The van der Waals surface area contributed by atoms with Gasteiger partial charge >= 0.3 is 0 Å². The summed E-state index contributed by atoms with van der Waals surface area (Å²) in [5.41, 5.74) is 0. The van der Waals surface area contributed by atoms with E-state index in [0.717, 1.165) is 11.8 Å². The third-order valence-corrected chi connectivity index (χ3v) is 8.28. The smallest absolute Gasteiger partial charge is 0.242 e.